The van der Waals surface area contributed by atoms with Crippen LogP contribution in [0.4, 0.5) is 4.39 Å². The third kappa shape index (κ3) is 3.14. The van der Waals surface area contributed by atoms with E-state index in [4.69, 9.17) is 0 Å². The second kappa shape index (κ2) is 5.99. The molecule has 3 rings (SSSR count). The van der Waals surface area contributed by atoms with E-state index in [9.17, 15) is 27.5 Å². The van der Waals surface area contributed by atoms with Gasteiger partial charge < -0.3 is 14.6 Å². The third-order valence-electron chi connectivity index (χ3n) is 4.00. The summed E-state index contributed by atoms with van der Waals surface area (Å²) in [6.07, 6.45) is 0.932. The zero-order valence-corrected chi connectivity index (χ0v) is 14.1. The molecule has 0 aliphatic carbocycles. The minimum absolute atomic E-state index is 0.110. The van der Waals surface area contributed by atoms with Gasteiger partial charge in [-0.25, -0.2) is 12.8 Å². The normalized spacial score (nSPS) is 14.5. The molecule has 2 heterocycles. The molecule has 0 radical (unpaired) electrons. The van der Waals surface area contributed by atoms with Gasteiger partial charge in [-0.3, -0.25) is 9.59 Å². The van der Waals surface area contributed by atoms with Crippen LogP contribution in [0, 0.1) is 5.82 Å². The maximum atomic E-state index is 13.0. The Labute approximate surface area is 142 Å². The first-order valence-electron chi connectivity index (χ1n) is 7.39. The van der Waals surface area contributed by atoms with Gasteiger partial charge in [0, 0.05) is 32.0 Å². The lowest BCUT2D eigenvalue weighted by atomic mass is 10.1. The molecular weight excluding hydrogens is 351 g/mol. The van der Waals surface area contributed by atoms with Crippen molar-refractivity contribution < 1.29 is 22.7 Å². The monoisotopic (exact) mass is 366 g/mol. The van der Waals surface area contributed by atoms with Crippen LogP contribution in [0.3, 0.4) is 0 Å². The molecule has 2 aromatic rings. The standard InChI is InChI=1S/C16H15FN2O5S/c1-25(23,24)13-8-12(20)15(21)14-16(22)18(6-7-19(13)14)9-10-2-4-11(17)5-3-10/h2-5,8,21H,6-7,9H2,1H3. The number of nitrogens with zero attached hydrogens (tertiary/aromatic N) is 2. The van der Waals surface area contributed by atoms with E-state index in [2.05, 4.69) is 0 Å². The number of halogens is 1. The molecule has 1 amide bonds. The van der Waals surface area contributed by atoms with E-state index in [-0.39, 0.29) is 30.4 Å². The quantitative estimate of drug-likeness (QED) is 0.865. The molecule has 7 nitrogen and oxygen atoms in total. The zero-order chi connectivity index (χ0) is 18.4. The van der Waals surface area contributed by atoms with Crippen molar-refractivity contribution in [2.75, 3.05) is 12.8 Å². The SMILES string of the molecule is CS(=O)(=O)c1cc(=O)c(O)c2n1CCN(Cc1ccc(F)cc1)C2=O. The van der Waals surface area contributed by atoms with Crippen molar-refractivity contribution in [3.63, 3.8) is 0 Å². The van der Waals surface area contributed by atoms with Gasteiger partial charge in [-0.2, -0.15) is 0 Å². The number of hydrogen-bond donors (Lipinski definition) is 1. The molecule has 1 aliphatic heterocycles. The number of amides is 1. The van der Waals surface area contributed by atoms with E-state index in [1.54, 1.807) is 0 Å². The first kappa shape index (κ1) is 17.2. The first-order chi connectivity index (χ1) is 11.7. The number of benzene rings is 1. The minimum Gasteiger partial charge on any atom is -0.503 e. The number of sulfone groups is 1. The molecule has 0 unspecified atom stereocenters. The van der Waals surface area contributed by atoms with Gasteiger partial charge in [-0.15, -0.1) is 0 Å². The topological polar surface area (TPSA) is 96.7 Å². The Kier molecular flexibility index (Phi) is 4.11. The highest BCUT2D eigenvalue weighted by Crippen LogP contribution is 2.24. The summed E-state index contributed by atoms with van der Waals surface area (Å²) in [5.74, 6) is -1.84. The average molecular weight is 366 g/mol. The van der Waals surface area contributed by atoms with E-state index in [1.165, 1.54) is 29.2 Å². The molecule has 0 saturated carbocycles. The van der Waals surface area contributed by atoms with Gasteiger partial charge in [0.25, 0.3) is 5.91 Å². The summed E-state index contributed by atoms with van der Waals surface area (Å²) < 4.78 is 37.9. The van der Waals surface area contributed by atoms with Crippen LogP contribution in [0.5, 0.6) is 5.75 Å². The lowest BCUT2D eigenvalue weighted by molar-refractivity contribution is 0.0677. The largest absolute Gasteiger partial charge is 0.503 e. The Morgan fingerprint density at radius 3 is 2.40 bits per heavy atom. The number of aromatic nitrogens is 1. The predicted molar refractivity (Wildman–Crippen MR) is 86.6 cm³/mol. The molecule has 0 saturated heterocycles. The summed E-state index contributed by atoms with van der Waals surface area (Å²) >= 11 is 0. The lowest BCUT2D eigenvalue weighted by Crippen LogP contribution is -2.42. The van der Waals surface area contributed by atoms with Crippen molar-refractivity contribution in [3.05, 3.63) is 57.6 Å². The van der Waals surface area contributed by atoms with Gasteiger partial charge in [-0.1, -0.05) is 12.1 Å². The van der Waals surface area contributed by atoms with Crippen LogP contribution >= 0.6 is 0 Å². The molecular formula is C16H15FN2O5S. The zero-order valence-electron chi connectivity index (χ0n) is 13.3. The maximum absolute atomic E-state index is 13.0. The molecule has 25 heavy (non-hydrogen) atoms. The number of carbonyl (C=O) groups excluding carboxylic acids is 1. The highest BCUT2D eigenvalue weighted by molar-refractivity contribution is 7.90. The maximum Gasteiger partial charge on any atom is 0.274 e. The second-order valence-electron chi connectivity index (χ2n) is 5.82. The number of carbonyl (C=O) groups is 1. The highest BCUT2D eigenvalue weighted by Gasteiger charge is 2.32. The summed E-state index contributed by atoms with van der Waals surface area (Å²) in [6.45, 7) is 0.447. The Bertz CT molecular complexity index is 1010. The van der Waals surface area contributed by atoms with Crippen LogP contribution < -0.4 is 5.43 Å². The predicted octanol–water partition coefficient (Wildman–Crippen LogP) is 0.752. The third-order valence-corrected chi connectivity index (χ3v) is 5.10. The number of aromatic hydroxyl groups is 1. The van der Waals surface area contributed by atoms with Crippen LogP contribution in [-0.2, 0) is 22.9 Å². The number of pyridine rings is 1. The number of fused-ring (bicyclic) bond motifs is 1. The van der Waals surface area contributed by atoms with Crippen LogP contribution in [-0.4, -0.2) is 41.7 Å². The second-order valence-corrected chi connectivity index (χ2v) is 7.78. The van der Waals surface area contributed by atoms with Gasteiger partial charge in [0.05, 0.1) is 0 Å². The van der Waals surface area contributed by atoms with E-state index < -0.39 is 32.7 Å². The van der Waals surface area contributed by atoms with Crippen molar-refractivity contribution in [1.82, 2.24) is 9.47 Å². The minimum atomic E-state index is -3.75. The Hall–Kier alpha value is -2.68. The van der Waals surface area contributed by atoms with Crippen molar-refractivity contribution in [2.45, 2.75) is 18.1 Å². The molecule has 132 valence electrons. The summed E-state index contributed by atoms with van der Waals surface area (Å²) in [5.41, 5.74) is -0.603. The molecule has 0 atom stereocenters. The fourth-order valence-electron chi connectivity index (χ4n) is 2.79. The van der Waals surface area contributed by atoms with Gasteiger partial charge >= 0.3 is 0 Å². The van der Waals surface area contributed by atoms with Crippen LogP contribution in [0.15, 0.2) is 40.2 Å². The van der Waals surface area contributed by atoms with Gasteiger partial charge in [0.1, 0.15) is 10.8 Å². The van der Waals surface area contributed by atoms with Crippen molar-refractivity contribution >= 4 is 15.7 Å². The molecule has 1 aromatic carbocycles. The number of rotatable bonds is 3. The highest BCUT2D eigenvalue weighted by atomic mass is 32.2. The van der Waals surface area contributed by atoms with Crippen LogP contribution in [0.25, 0.3) is 0 Å². The molecule has 0 fully saturated rings. The molecule has 0 spiro atoms. The van der Waals surface area contributed by atoms with Gasteiger partial charge in [0.15, 0.2) is 21.3 Å². The Morgan fingerprint density at radius 1 is 1.16 bits per heavy atom. The number of hydrogen-bond acceptors (Lipinski definition) is 5. The fraction of sp³-hybridized carbons (Fsp3) is 0.250. The van der Waals surface area contributed by atoms with Crippen molar-refractivity contribution in [1.29, 1.82) is 0 Å². The first-order valence-corrected chi connectivity index (χ1v) is 9.28. The Morgan fingerprint density at radius 2 is 1.80 bits per heavy atom. The van der Waals surface area contributed by atoms with E-state index in [0.717, 1.165) is 16.9 Å². The lowest BCUT2D eigenvalue weighted by Gasteiger charge is -2.31. The molecule has 1 aromatic heterocycles. The summed E-state index contributed by atoms with van der Waals surface area (Å²) in [7, 11) is -3.75. The molecule has 9 heteroatoms. The van der Waals surface area contributed by atoms with Crippen molar-refractivity contribution in [2.24, 2.45) is 0 Å². The molecule has 1 N–H and O–H groups in total. The van der Waals surface area contributed by atoms with Gasteiger partial charge in [0.2, 0.25) is 5.43 Å². The van der Waals surface area contributed by atoms with Crippen molar-refractivity contribution in [3.8, 4) is 5.75 Å². The van der Waals surface area contributed by atoms with Crippen LogP contribution in [0.2, 0.25) is 0 Å². The summed E-state index contributed by atoms with van der Waals surface area (Å²) in [6, 6.07) is 6.40. The summed E-state index contributed by atoms with van der Waals surface area (Å²) in [4.78, 5) is 25.9. The Balaban J connectivity index is 2.04. The van der Waals surface area contributed by atoms with Gasteiger partial charge in [-0.05, 0) is 17.7 Å². The average Bonchev–Trinajstić information content (AvgIpc) is 2.54. The van der Waals surface area contributed by atoms with Crippen LogP contribution in [0.1, 0.15) is 16.1 Å². The van der Waals surface area contributed by atoms with E-state index in [1.807, 2.05) is 0 Å². The smallest absolute Gasteiger partial charge is 0.274 e. The molecule has 1 aliphatic rings. The van der Waals surface area contributed by atoms with E-state index in [0.29, 0.717) is 5.56 Å². The fourth-order valence-corrected chi connectivity index (χ4v) is 3.70. The summed E-state index contributed by atoms with van der Waals surface area (Å²) in [5, 5.41) is 9.69. The van der Waals surface area contributed by atoms with E-state index >= 15 is 0 Å². The molecule has 0 bridgehead atoms.